The van der Waals surface area contributed by atoms with Crippen LogP contribution in [0, 0.1) is 5.82 Å². The van der Waals surface area contributed by atoms with Crippen LogP contribution in [-0.2, 0) is 19.4 Å². The molecule has 0 saturated carbocycles. The van der Waals surface area contributed by atoms with Crippen LogP contribution < -0.4 is 0 Å². The number of aliphatic hydroxyl groups excluding tert-OH is 1. The molecule has 0 bridgehead atoms. The first-order chi connectivity index (χ1) is 14.9. The molecule has 0 aliphatic rings. The van der Waals surface area contributed by atoms with E-state index in [4.69, 9.17) is 4.98 Å². The van der Waals surface area contributed by atoms with E-state index in [0.717, 1.165) is 53.8 Å². The van der Waals surface area contributed by atoms with Gasteiger partial charge in [-0.1, -0.05) is 70.2 Å². The fraction of sp³-hybridized carbons (Fsp3) is 0.393. The van der Waals surface area contributed by atoms with E-state index in [1.807, 2.05) is 18.2 Å². The molecule has 0 atom stereocenters. The molecule has 0 radical (unpaired) electrons. The zero-order valence-corrected chi connectivity index (χ0v) is 19.2. The number of halogens is 1. The van der Waals surface area contributed by atoms with E-state index >= 15 is 0 Å². The predicted octanol–water partition coefficient (Wildman–Crippen LogP) is 7.19. The van der Waals surface area contributed by atoms with Gasteiger partial charge in [0.2, 0.25) is 0 Å². The monoisotopic (exact) mass is 419 g/mol. The largest absolute Gasteiger partial charge is 0.392 e. The highest BCUT2D eigenvalue weighted by Gasteiger charge is 2.23. The van der Waals surface area contributed by atoms with Crippen molar-refractivity contribution in [3.8, 4) is 11.1 Å². The number of benzene rings is 2. The molecule has 2 aromatic carbocycles. The van der Waals surface area contributed by atoms with E-state index < -0.39 is 0 Å². The quantitative estimate of drug-likeness (QED) is 0.372. The van der Waals surface area contributed by atoms with Gasteiger partial charge in [-0.3, -0.25) is 4.98 Å². The zero-order chi connectivity index (χ0) is 22.4. The molecule has 3 heteroatoms. The van der Waals surface area contributed by atoms with Gasteiger partial charge in [0.05, 0.1) is 6.61 Å². The second kappa shape index (κ2) is 10.7. The maximum absolute atomic E-state index is 13.6. The fourth-order valence-electron chi connectivity index (χ4n) is 4.31. The lowest BCUT2D eigenvalue weighted by molar-refractivity contribution is 0.279. The summed E-state index contributed by atoms with van der Waals surface area (Å²) in [6, 6.07) is 17.2. The zero-order valence-electron chi connectivity index (χ0n) is 19.2. The van der Waals surface area contributed by atoms with E-state index in [0.29, 0.717) is 0 Å². The molecule has 1 heterocycles. The first kappa shape index (κ1) is 23.1. The van der Waals surface area contributed by atoms with Crippen molar-refractivity contribution in [1.29, 1.82) is 0 Å². The van der Waals surface area contributed by atoms with Crippen molar-refractivity contribution in [2.24, 2.45) is 0 Å². The number of aromatic nitrogens is 1. The number of nitrogens with zero attached hydrogens (tertiary/aromatic N) is 1. The molecule has 31 heavy (non-hydrogen) atoms. The van der Waals surface area contributed by atoms with Crippen molar-refractivity contribution in [3.05, 3.63) is 88.5 Å². The van der Waals surface area contributed by atoms with Crippen molar-refractivity contribution in [2.75, 3.05) is 0 Å². The fourth-order valence-corrected chi connectivity index (χ4v) is 4.31. The Kier molecular flexibility index (Phi) is 7.97. The lowest BCUT2D eigenvalue weighted by Gasteiger charge is -2.24. The highest BCUT2D eigenvalue weighted by Crippen LogP contribution is 2.37. The lowest BCUT2D eigenvalue weighted by atomic mass is 9.85. The molecule has 0 unspecified atom stereocenters. The van der Waals surface area contributed by atoms with Crippen LogP contribution in [0.4, 0.5) is 4.39 Å². The van der Waals surface area contributed by atoms with Gasteiger partial charge in [-0.25, -0.2) is 4.39 Å². The van der Waals surface area contributed by atoms with Crippen molar-refractivity contribution in [3.63, 3.8) is 0 Å². The molecule has 0 aliphatic carbocycles. The number of pyridine rings is 1. The third kappa shape index (κ3) is 5.59. The smallest absolute Gasteiger partial charge is 0.123 e. The summed E-state index contributed by atoms with van der Waals surface area (Å²) in [6.07, 6.45) is 4.07. The summed E-state index contributed by atoms with van der Waals surface area (Å²) in [5.41, 5.74) is 7.47. The highest BCUT2D eigenvalue weighted by atomic mass is 19.1. The Morgan fingerprint density at radius 3 is 1.94 bits per heavy atom. The first-order valence-electron chi connectivity index (χ1n) is 11.4. The third-order valence-corrected chi connectivity index (χ3v) is 5.83. The Morgan fingerprint density at radius 1 is 0.774 bits per heavy atom. The average Bonchev–Trinajstić information content (AvgIpc) is 2.76. The summed E-state index contributed by atoms with van der Waals surface area (Å²) in [6.45, 7) is 8.50. The molecule has 1 aromatic heterocycles. The standard InChI is InChI=1S/C28H34FNO/c1-19(2)27-24(13-9-8-12-21-10-6-5-7-11-21)26(22-14-16-23(29)17-15-22)25(18-31)28(30-27)20(3)4/h5-7,10-11,14-17,19-20,31H,8-9,12-13,18H2,1-4H3. The summed E-state index contributed by atoms with van der Waals surface area (Å²) in [7, 11) is 0. The molecule has 3 aromatic rings. The van der Waals surface area contributed by atoms with Gasteiger partial charge < -0.3 is 5.11 Å². The van der Waals surface area contributed by atoms with Gasteiger partial charge >= 0.3 is 0 Å². The van der Waals surface area contributed by atoms with Crippen molar-refractivity contribution >= 4 is 0 Å². The van der Waals surface area contributed by atoms with Gasteiger partial charge in [-0.2, -0.15) is 0 Å². The second-order valence-corrected chi connectivity index (χ2v) is 8.88. The van der Waals surface area contributed by atoms with E-state index in [9.17, 15) is 9.50 Å². The Bertz CT molecular complexity index is 978. The highest BCUT2D eigenvalue weighted by molar-refractivity contribution is 5.73. The first-order valence-corrected chi connectivity index (χ1v) is 11.4. The van der Waals surface area contributed by atoms with Gasteiger partial charge in [0.25, 0.3) is 0 Å². The third-order valence-electron chi connectivity index (χ3n) is 5.83. The number of rotatable bonds is 9. The lowest BCUT2D eigenvalue weighted by Crippen LogP contribution is -2.12. The Morgan fingerprint density at radius 2 is 1.35 bits per heavy atom. The topological polar surface area (TPSA) is 33.1 Å². The number of hydrogen-bond acceptors (Lipinski definition) is 2. The summed E-state index contributed by atoms with van der Waals surface area (Å²) < 4.78 is 13.6. The molecule has 0 spiro atoms. The van der Waals surface area contributed by atoms with E-state index in [2.05, 4.69) is 52.0 Å². The van der Waals surface area contributed by atoms with Gasteiger partial charge in [0.15, 0.2) is 0 Å². The average molecular weight is 420 g/mol. The maximum atomic E-state index is 13.6. The molecule has 0 amide bonds. The van der Waals surface area contributed by atoms with E-state index in [1.54, 1.807) is 0 Å². The van der Waals surface area contributed by atoms with Crippen LogP contribution in [0.15, 0.2) is 54.6 Å². The van der Waals surface area contributed by atoms with Crippen LogP contribution in [0.1, 0.15) is 80.5 Å². The van der Waals surface area contributed by atoms with Gasteiger partial charge in [0.1, 0.15) is 5.82 Å². The molecule has 3 rings (SSSR count). The van der Waals surface area contributed by atoms with Crippen LogP contribution in [0.25, 0.3) is 11.1 Å². The van der Waals surface area contributed by atoms with Crippen molar-refractivity contribution in [1.82, 2.24) is 4.98 Å². The SMILES string of the molecule is CC(C)c1nc(C(C)C)c(CCCCc2ccccc2)c(-c2ccc(F)cc2)c1CO. The molecule has 1 N–H and O–H groups in total. The normalized spacial score (nSPS) is 11.5. The van der Waals surface area contributed by atoms with Crippen LogP contribution in [0.3, 0.4) is 0 Å². The Hall–Kier alpha value is -2.52. The molecule has 0 saturated heterocycles. The van der Waals surface area contributed by atoms with Gasteiger partial charge in [-0.05, 0) is 71.9 Å². The molecule has 0 aliphatic heterocycles. The summed E-state index contributed by atoms with van der Waals surface area (Å²) >= 11 is 0. The molecule has 164 valence electrons. The number of aryl methyl sites for hydroxylation is 1. The van der Waals surface area contributed by atoms with Gasteiger partial charge in [-0.15, -0.1) is 0 Å². The summed E-state index contributed by atoms with van der Waals surface area (Å²) in [5.74, 6) is 0.223. The number of unbranched alkanes of at least 4 members (excludes halogenated alkanes) is 1. The summed E-state index contributed by atoms with van der Waals surface area (Å²) in [4.78, 5) is 5.05. The molecular formula is C28H34FNO. The molecule has 0 fully saturated rings. The minimum Gasteiger partial charge on any atom is -0.392 e. The van der Waals surface area contributed by atoms with E-state index in [1.165, 1.54) is 23.3 Å². The number of aliphatic hydroxyl groups is 1. The van der Waals surface area contributed by atoms with Crippen LogP contribution in [0.2, 0.25) is 0 Å². The minimum absolute atomic E-state index is 0.0669. The van der Waals surface area contributed by atoms with Crippen LogP contribution in [-0.4, -0.2) is 10.1 Å². The Balaban J connectivity index is 2.02. The maximum Gasteiger partial charge on any atom is 0.123 e. The van der Waals surface area contributed by atoms with Crippen LogP contribution in [0.5, 0.6) is 0 Å². The van der Waals surface area contributed by atoms with Crippen molar-refractivity contribution < 1.29 is 9.50 Å². The molecule has 2 nitrogen and oxygen atoms in total. The van der Waals surface area contributed by atoms with Crippen molar-refractivity contribution in [2.45, 2.75) is 71.8 Å². The van der Waals surface area contributed by atoms with Crippen LogP contribution >= 0.6 is 0 Å². The van der Waals surface area contributed by atoms with Gasteiger partial charge in [0, 0.05) is 17.0 Å². The summed E-state index contributed by atoms with van der Waals surface area (Å²) in [5, 5.41) is 10.3. The Labute approximate surface area is 186 Å². The minimum atomic E-state index is -0.249. The van der Waals surface area contributed by atoms with E-state index in [-0.39, 0.29) is 24.3 Å². The predicted molar refractivity (Wildman–Crippen MR) is 127 cm³/mol. The second-order valence-electron chi connectivity index (χ2n) is 8.88. The number of hydrogen-bond donors (Lipinski definition) is 1. The molecular weight excluding hydrogens is 385 g/mol.